The van der Waals surface area contributed by atoms with E-state index in [9.17, 15) is 4.79 Å². The molecule has 2 aliphatic heterocycles. The van der Waals surface area contributed by atoms with Gasteiger partial charge in [-0.3, -0.25) is 9.30 Å². The van der Waals surface area contributed by atoms with E-state index >= 15 is 0 Å². The minimum Gasteiger partial charge on any atom is -0.422 e. The Kier molecular flexibility index (Phi) is 3.92. The fourth-order valence-electron chi connectivity index (χ4n) is 4.87. The van der Waals surface area contributed by atoms with Crippen LogP contribution in [0, 0.1) is 6.92 Å². The Morgan fingerprint density at radius 1 is 1.13 bits per heavy atom. The first-order chi connectivity index (χ1) is 14.6. The predicted molar refractivity (Wildman–Crippen MR) is 116 cm³/mol. The molecular formula is C23H23N5O2. The molecule has 5 heterocycles. The highest BCUT2D eigenvalue weighted by Gasteiger charge is 2.30. The average molecular weight is 401 g/mol. The van der Waals surface area contributed by atoms with Crippen molar-refractivity contribution in [2.75, 3.05) is 31.1 Å². The first-order valence-electron chi connectivity index (χ1n) is 10.5. The molecule has 0 radical (unpaired) electrons. The normalized spacial score (nSPS) is 19.6. The Labute approximate surface area is 173 Å². The van der Waals surface area contributed by atoms with Crippen molar-refractivity contribution in [1.82, 2.24) is 19.3 Å². The molecule has 1 unspecified atom stereocenters. The number of anilines is 1. The van der Waals surface area contributed by atoms with E-state index in [-0.39, 0.29) is 5.63 Å². The van der Waals surface area contributed by atoms with E-state index in [0.717, 1.165) is 42.0 Å². The standard InChI is InChI=1S/C23H23N5O2/c1-15-12-28-13-17(11-24-23(28)25-15)20-9-16-4-5-18(10-21(16)30-22(20)29)27-8-7-26-6-2-3-19(26)14-27/h4-5,9-13,19H,2-3,6-8,14H2,1H3. The lowest BCUT2D eigenvalue weighted by Gasteiger charge is -2.38. The monoisotopic (exact) mass is 401 g/mol. The van der Waals surface area contributed by atoms with Crippen molar-refractivity contribution in [3.8, 4) is 11.1 Å². The highest BCUT2D eigenvalue weighted by Crippen LogP contribution is 2.29. The largest absolute Gasteiger partial charge is 0.422 e. The Bertz CT molecular complexity index is 1320. The van der Waals surface area contributed by atoms with Crippen LogP contribution in [0.1, 0.15) is 18.5 Å². The van der Waals surface area contributed by atoms with E-state index in [0.29, 0.717) is 23.0 Å². The number of aromatic nitrogens is 3. The molecule has 152 valence electrons. The second kappa shape index (κ2) is 6.67. The van der Waals surface area contributed by atoms with E-state index in [4.69, 9.17) is 4.42 Å². The summed E-state index contributed by atoms with van der Waals surface area (Å²) < 4.78 is 7.57. The fourth-order valence-corrected chi connectivity index (χ4v) is 4.87. The smallest absolute Gasteiger partial charge is 0.344 e. The number of benzene rings is 1. The lowest BCUT2D eigenvalue weighted by atomic mass is 10.1. The number of hydrogen-bond donors (Lipinski definition) is 0. The summed E-state index contributed by atoms with van der Waals surface area (Å²) in [5.74, 6) is 0.619. The summed E-state index contributed by atoms with van der Waals surface area (Å²) in [6.07, 6.45) is 8.01. The average Bonchev–Trinajstić information content (AvgIpc) is 3.36. The van der Waals surface area contributed by atoms with Gasteiger partial charge in [0.1, 0.15) is 5.58 Å². The van der Waals surface area contributed by atoms with Crippen molar-refractivity contribution in [2.24, 2.45) is 0 Å². The maximum atomic E-state index is 12.8. The van der Waals surface area contributed by atoms with Gasteiger partial charge >= 0.3 is 5.63 Å². The van der Waals surface area contributed by atoms with Gasteiger partial charge in [0.2, 0.25) is 5.78 Å². The lowest BCUT2D eigenvalue weighted by molar-refractivity contribution is 0.231. The summed E-state index contributed by atoms with van der Waals surface area (Å²) in [6.45, 7) is 6.31. The van der Waals surface area contributed by atoms with E-state index in [1.165, 1.54) is 19.4 Å². The summed E-state index contributed by atoms with van der Waals surface area (Å²) >= 11 is 0. The highest BCUT2D eigenvalue weighted by molar-refractivity contribution is 5.84. The SMILES string of the molecule is Cc1cn2cc(-c3cc4ccc(N5CCN6CCCC6C5)cc4oc3=O)cnc2n1. The van der Waals surface area contributed by atoms with Gasteiger partial charge in [-0.2, -0.15) is 0 Å². The molecule has 2 fully saturated rings. The molecule has 6 rings (SSSR count). The molecule has 7 heteroatoms. The van der Waals surface area contributed by atoms with E-state index < -0.39 is 0 Å². The summed E-state index contributed by atoms with van der Waals surface area (Å²) in [4.78, 5) is 26.5. The summed E-state index contributed by atoms with van der Waals surface area (Å²) in [7, 11) is 0. The number of nitrogens with zero attached hydrogens (tertiary/aromatic N) is 5. The minimum absolute atomic E-state index is 0.349. The number of piperazine rings is 1. The molecule has 0 N–H and O–H groups in total. The fraction of sp³-hybridized carbons (Fsp3) is 0.348. The van der Waals surface area contributed by atoms with Crippen LogP contribution in [0.25, 0.3) is 27.9 Å². The van der Waals surface area contributed by atoms with Gasteiger partial charge < -0.3 is 9.32 Å². The molecule has 4 aromatic rings. The van der Waals surface area contributed by atoms with E-state index in [2.05, 4.69) is 25.8 Å². The molecule has 0 bridgehead atoms. The third kappa shape index (κ3) is 2.89. The Hall–Kier alpha value is -3.19. The van der Waals surface area contributed by atoms with Crippen LogP contribution in [0.4, 0.5) is 5.69 Å². The number of imidazole rings is 1. The van der Waals surface area contributed by atoms with Gasteiger partial charge in [0.15, 0.2) is 0 Å². The third-order valence-electron chi connectivity index (χ3n) is 6.41. The van der Waals surface area contributed by atoms with Gasteiger partial charge in [0.25, 0.3) is 0 Å². The zero-order chi connectivity index (χ0) is 20.2. The van der Waals surface area contributed by atoms with E-state index in [1.807, 2.05) is 41.9 Å². The van der Waals surface area contributed by atoms with Gasteiger partial charge in [-0.15, -0.1) is 0 Å². The van der Waals surface area contributed by atoms with Crippen molar-refractivity contribution in [3.63, 3.8) is 0 Å². The van der Waals surface area contributed by atoms with Crippen molar-refractivity contribution in [3.05, 3.63) is 59.0 Å². The van der Waals surface area contributed by atoms with Gasteiger partial charge in [0, 0.05) is 67.0 Å². The number of aryl methyl sites for hydroxylation is 1. The summed E-state index contributed by atoms with van der Waals surface area (Å²) in [6, 6.07) is 8.74. The van der Waals surface area contributed by atoms with Crippen LogP contribution in [0.15, 0.2) is 52.1 Å². The molecule has 0 aliphatic carbocycles. The third-order valence-corrected chi connectivity index (χ3v) is 6.41. The zero-order valence-electron chi connectivity index (χ0n) is 16.9. The van der Waals surface area contributed by atoms with Gasteiger partial charge in [-0.1, -0.05) is 0 Å². The summed E-state index contributed by atoms with van der Waals surface area (Å²) in [5.41, 5.74) is 3.52. The first-order valence-corrected chi connectivity index (χ1v) is 10.5. The quantitative estimate of drug-likeness (QED) is 0.481. The molecule has 0 saturated carbocycles. The molecule has 30 heavy (non-hydrogen) atoms. The molecular weight excluding hydrogens is 378 g/mol. The van der Waals surface area contributed by atoms with Gasteiger partial charge in [-0.25, -0.2) is 14.8 Å². The number of fused-ring (bicyclic) bond motifs is 3. The molecule has 0 spiro atoms. The second-order valence-corrected chi connectivity index (χ2v) is 8.38. The molecule has 1 aromatic carbocycles. The van der Waals surface area contributed by atoms with Crippen LogP contribution in [0.2, 0.25) is 0 Å². The first kappa shape index (κ1) is 17.7. The maximum Gasteiger partial charge on any atom is 0.344 e. The molecule has 1 atom stereocenters. The van der Waals surface area contributed by atoms with Crippen LogP contribution < -0.4 is 10.5 Å². The van der Waals surface area contributed by atoms with Crippen LogP contribution in [-0.2, 0) is 0 Å². The molecule has 0 amide bonds. The van der Waals surface area contributed by atoms with Crippen molar-refractivity contribution < 1.29 is 4.42 Å². The van der Waals surface area contributed by atoms with Crippen LogP contribution in [-0.4, -0.2) is 51.5 Å². The Morgan fingerprint density at radius 3 is 3.00 bits per heavy atom. The van der Waals surface area contributed by atoms with Crippen molar-refractivity contribution in [2.45, 2.75) is 25.8 Å². The number of hydrogen-bond acceptors (Lipinski definition) is 6. The highest BCUT2D eigenvalue weighted by atomic mass is 16.4. The van der Waals surface area contributed by atoms with Crippen LogP contribution >= 0.6 is 0 Å². The Morgan fingerprint density at radius 2 is 2.07 bits per heavy atom. The van der Waals surface area contributed by atoms with Gasteiger partial charge in [0.05, 0.1) is 11.3 Å². The maximum absolute atomic E-state index is 12.8. The van der Waals surface area contributed by atoms with Crippen LogP contribution in [0.5, 0.6) is 0 Å². The second-order valence-electron chi connectivity index (χ2n) is 8.38. The Balaban J connectivity index is 1.36. The molecule has 7 nitrogen and oxygen atoms in total. The topological polar surface area (TPSA) is 66.9 Å². The van der Waals surface area contributed by atoms with Crippen molar-refractivity contribution in [1.29, 1.82) is 0 Å². The molecule has 2 aliphatic rings. The summed E-state index contributed by atoms with van der Waals surface area (Å²) in [5, 5.41) is 0.912. The molecule has 3 aromatic heterocycles. The molecule has 2 saturated heterocycles. The van der Waals surface area contributed by atoms with E-state index in [1.54, 1.807) is 6.20 Å². The zero-order valence-corrected chi connectivity index (χ0v) is 16.9. The number of rotatable bonds is 2. The van der Waals surface area contributed by atoms with Gasteiger partial charge in [-0.05, 0) is 44.5 Å². The minimum atomic E-state index is -0.349. The lowest BCUT2D eigenvalue weighted by Crippen LogP contribution is -2.50. The van der Waals surface area contributed by atoms with Crippen LogP contribution in [0.3, 0.4) is 0 Å². The predicted octanol–water partition coefficient (Wildman–Crippen LogP) is 3.10. The van der Waals surface area contributed by atoms with Crippen molar-refractivity contribution >= 4 is 22.4 Å².